The highest BCUT2D eigenvalue weighted by atomic mass is 32.1. The van der Waals surface area contributed by atoms with Crippen LogP contribution >= 0.6 is 12.2 Å². The van der Waals surface area contributed by atoms with E-state index in [1.807, 2.05) is 12.1 Å². The number of nitrogens with two attached hydrogens (primary N) is 1. The number of nitrogens with zero attached hydrogens (tertiary/aromatic N) is 1. The maximum atomic E-state index is 5.56. The van der Waals surface area contributed by atoms with E-state index in [4.69, 9.17) is 18.0 Å². The summed E-state index contributed by atoms with van der Waals surface area (Å²) >= 11 is 4.93. The molecule has 1 aliphatic rings. The third-order valence-electron chi connectivity index (χ3n) is 2.85. The summed E-state index contributed by atoms with van der Waals surface area (Å²) in [6.45, 7) is 5.43. The van der Waals surface area contributed by atoms with Gasteiger partial charge in [0.05, 0.1) is 0 Å². The molecule has 0 bridgehead atoms. The molecule has 1 saturated heterocycles. The van der Waals surface area contributed by atoms with Gasteiger partial charge in [0.15, 0.2) is 0 Å². The molecular weight excluding hydrogens is 218 g/mol. The molecule has 0 saturated carbocycles. The van der Waals surface area contributed by atoms with Crippen LogP contribution in [0.25, 0.3) is 0 Å². The van der Waals surface area contributed by atoms with Crippen LogP contribution in [-0.2, 0) is 6.54 Å². The first-order chi connectivity index (χ1) is 7.75. The van der Waals surface area contributed by atoms with Gasteiger partial charge in [-0.25, -0.2) is 0 Å². The summed E-state index contributed by atoms with van der Waals surface area (Å²) in [6, 6.07) is 8.22. The summed E-state index contributed by atoms with van der Waals surface area (Å²) in [6.07, 6.45) is 0. The topological polar surface area (TPSA) is 41.3 Å². The van der Waals surface area contributed by atoms with Gasteiger partial charge in [0, 0.05) is 38.3 Å². The minimum Gasteiger partial charge on any atom is -0.389 e. The Morgan fingerprint density at radius 2 is 1.88 bits per heavy atom. The van der Waals surface area contributed by atoms with Crippen molar-refractivity contribution in [1.29, 1.82) is 0 Å². The van der Waals surface area contributed by atoms with Gasteiger partial charge in [-0.1, -0.05) is 36.5 Å². The fourth-order valence-electron chi connectivity index (χ4n) is 1.90. The van der Waals surface area contributed by atoms with Crippen molar-refractivity contribution in [1.82, 2.24) is 10.2 Å². The van der Waals surface area contributed by atoms with E-state index in [-0.39, 0.29) is 0 Å². The number of hydrogen-bond acceptors (Lipinski definition) is 3. The summed E-state index contributed by atoms with van der Waals surface area (Å²) in [5, 5.41) is 3.35. The van der Waals surface area contributed by atoms with Gasteiger partial charge < -0.3 is 11.1 Å². The molecule has 86 valence electrons. The lowest BCUT2D eigenvalue weighted by Crippen LogP contribution is -2.42. The second-order valence-electron chi connectivity index (χ2n) is 4.09. The SMILES string of the molecule is NC(=S)c1ccc(CN2CCNCC2)cc1. The molecule has 3 nitrogen and oxygen atoms in total. The Hall–Kier alpha value is -0.970. The molecule has 3 N–H and O–H groups in total. The summed E-state index contributed by atoms with van der Waals surface area (Å²) in [5.41, 5.74) is 7.83. The number of thiocarbonyl (C=S) groups is 1. The molecule has 1 heterocycles. The monoisotopic (exact) mass is 235 g/mol. The lowest BCUT2D eigenvalue weighted by molar-refractivity contribution is 0.233. The van der Waals surface area contributed by atoms with Gasteiger partial charge >= 0.3 is 0 Å². The fourth-order valence-corrected chi connectivity index (χ4v) is 2.04. The molecule has 0 atom stereocenters. The van der Waals surface area contributed by atoms with Crippen LogP contribution in [-0.4, -0.2) is 36.1 Å². The first kappa shape index (κ1) is 11.5. The lowest BCUT2D eigenvalue weighted by atomic mass is 10.1. The minimum atomic E-state index is 0.466. The molecule has 16 heavy (non-hydrogen) atoms. The Labute approximate surface area is 102 Å². The van der Waals surface area contributed by atoms with Crippen molar-refractivity contribution in [2.45, 2.75) is 6.54 Å². The van der Waals surface area contributed by atoms with Gasteiger partial charge in [-0.2, -0.15) is 0 Å². The molecule has 0 spiro atoms. The van der Waals surface area contributed by atoms with Crippen LogP contribution in [0, 0.1) is 0 Å². The Balaban J connectivity index is 1.96. The summed E-state index contributed by atoms with van der Waals surface area (Å²) < 4.78 is 0. The van der Waals surface area contributed by atoms with Crippen molar-refractivity contribution in [2.24, 2.45) is 5.73 Å². The molecule has 0 radical (unpaired) electrons. The second-order valence-corrected chi connectivity index (χ2v) is 4.53. The molecule has 1 aliphatic heterocycles. The van der Waals surface area contributed by atoms with Gasteiger partial charge in [-0.3, -0.25) is 4.90 Å². The van der Waals surface area contributed by atoms with Gasteiger partial charge in [0.25, 0.3) is 0 Å². The van der Waals surface area contributed by atoms with Crippen molar-refractivity contribution in [3.05, 3.63) is 35.4 Å². The van der Waals surface area contributed by atoms with Crippen LogP contribution in [0.2, 0.25) is 0 Å². The van der Waals surface area contributed by atoms with E-state index >= 15 is 0 Å². The number of benzene rings is 1. The number of nitrogens with one attached hydrogen (secondary N) is 1. The molecule has 2 rings (SSSR count). The van der Waals surface area contributed by atoms with Gasteiger partial charge in [-0.15, -0.1) is 0 Å². The zero-order valence-electron chi connectivity index (χ0n) is 9.28. The maximum absolute atomic E-state index is 5.56. The van der Waals surface area contributed by atoms with Gasteiger partial charge in [-0.05, 0) is 5.56 Å². The summed E-state index contributed by atoms with van der Waals surface area (Å²) in [4.78, 5) is 2.92. The third kappa shape index (κ3) is 3.01. The highest BCUT2D eigenvalue weighted by Gasteiger charge is 2.09. The van der Waals surface area contributed by atoms with E-state index in [2.05, 4.69) is 22.3 Å². The number of rotatable bonds is 3. The Morgan fingerprint density at radius 1 is 1.25 bits per heavy atom. The predicted molar refractivity (Wildman–Crippen MR) is 70.5 cm³/mol. The van der Waals surface area contributed by atoms with Crippen LogP contribution in [0.15, 0.2) is 24.3 Å². The van der Waals surface area contributed by atoms with Crippen molar-refractivity contribution < 1.29 is 0 Å². The largest absolute Gasteiger partial charge is 0.389 e. The normalized spacial score (nSPS) is 17.2. The number of hydrogen-bond donors (Lipinski definition) is 2. The van der Waals surface area contributed by atoms with Crippen LogP contribution < -0.4 is 11.1 Å². The highest BCUT2D eigenvalue weighted by molar-refractivity contribution is 7.80. The van der Waals surface area contributed by atoms with Gasteiger partial charge in [0.1, 0.15) is 4.99 Å². The Bertz CT molecular complexity index is 355. The zero-order chi connectivity index (χ0) is 11.4. The lowest BCUT2D eigenvalue weighted by Gasteiger charge is -2.27. The molecule has 4 heteroatoms. The quantitative estimate of drug-likeness (QED) is 0.758. The van der Waals surface area contributed by atoms with E-state index in [1.54, 1.807) is 0 Å². The second kappa shape index (κ2) is 5.39. The predicted octanol–water partition coefficient (Wildman–Crippen LogP) is 0.726. The highest BCUT2D eigenvalue weighted by Crippen LogP contribution is 2.08. The van der Waals surface area contributed by atoms with E-state index in [1.165, 1.54) is 5.56 Å². The van der Waals surface area contributed by atoms with Crippen molar-refractivity contribution in [3.8, 4) is 0 Å². The smallest absolute Gasteiger partial charge is 0.103 e. The Kier molecular flexibility index (Phi) is 3.88. The van der Waals surface area contributed by atoms with E-state index in [0.29, 0.717) is 4.99 Å². The summed E-state index contributed by atoms with van der Waals surface area (Å²) in [7, 11) is 0. The van der Waals surface area contributed by atoms with Gasteiger partial charge in [0.2, 0.25) is 0 Å². The average molecular weight is 235 g/mol. The third-order valence-corrected chi connectivity index (χ3v) is 3.09. The molecule has 0 aliphatic carbocycles. The standard InChI is InChI=1S/C12H17N3S/c13-12(16)11-3-1-10(2-4-11)9-15-7-5-14-6-8-15/h1-4,14H,5-9H2,(H2,13,16). The van der Waals surface area contributed by atoms with Crippen LogP contribution in [0.4, 0.5) is 0 Å². The van der Waals surface area contributed by atoms with Crippen molar-refractivity contribution in [3.63, 3.8) is 0 Å². The maximum Gasteiger partial charge on any atom is 0.103 e. The first-order valence-electron chi connectivity index (χ1n) is 5.57. The fraction of sp³-hybridized carbons (Fsp3) is 0.417. The van der Waals surface area contributed by atoms with E-state index in [9.17, 15) is 0 Å². The van der Waals surface area contributed by atoms with Crippen LogP contribution in [0.3, 0.4) is 0 Å². The van der Waals surface area contributed by atoms with Crippen LogP contribution in [0.5, 0.6) is 0 Å². The molecule has 0 aromatic heterocycles. The van der Waals surface area contributed by atoms with E-state index in [0.717, 1.165) is 38.3 Å². The number of piperazine rings is 1. The minimum absolute atomic E-state index is 0.466. The van der Waals surface area contributed by atoms with Crippen LogP contribution in [0.1, 0.15) is 11.1 Å². The molecular formula is C12H17N3S. The Morgan fingerprint density at radius 3 is 2.44 bits per heavy atom. The zero-order valence-corrected chi connectivity index (χ0v) is 10.1. The molecule has 1 aromatic rings. The molecule has 0 amide bonds. The van der Waals surface area contributed by atoms with Crippen molar-refractivity contribution >= 4 is 17.2 Å². The van der Waals surface area contributed by atoms with Crippen molar-refractivity contribution in [2.75, 3.05) is 26.2 Å². The average Bonchev–Trinajstić information content (AvgIpc) is 2.31. The summed E-state index contributed by atoms with van der Waals surface area (Å²) in [5.74, 6) is 0. The first-order valence-corrected chi connectivity index (χ1v) is 5.98. The molecule has 1 aromatic carbocycles. The molecule has 0 unspecified atom stereocenters. The van der Waals surface area contributed by atoms with E-state index < -0.39 is 0 Å². The molecule has 1 fully saturated rings.